The van der Waals surface area contributed by atoms with Gasteiger partial charge in [-0.1, -0.05) is 18.2 Å². The minimum absolute atomic E-state index is 0.0518. The quantitative estimate of drug-likeness (QED) is 0.850. The highest BCUT2D eigenvalue weighted by Gasteiger charge is 2.31. The molecule has 1 amide bonds. The van der Waals surface area contributed by atoms with Gasteiger partial charge in [-0.25, -0.2) is 4.79 Å². The topological polar surface area (TPSA) is 53.6 Å². The number of nitrogens with one attached hydrogen (secondary N) is 2. The molecule has 27 heavy (non-hydrogen) atoms. The molecule has 0 radical (unpaired) electrons. The van der Waals surface area contributed by atoms with E-state index in [2.05, 4.69) is 15.5 Å². The minimum atomic E-state index is -4.50. The second-order valence-electron chi connectivity index (χ2n) is 6.27. The van der Waals surface area contributed by atoms with Gasteiger partial charge in [0.2, 0.25) is 0 Å². The molecule has 8 heteroatoms. The molecule has 0 saturated carbocycles. The lowest BCUT2D eigenvalue weighted by Crippen LogP contribution is -2.42. The number of alkyl halides is 3. The molecule has 2 N–H and O–H groups in total. The number of piperazine rings is 1. The Labute approximate surface area is 155 Å². The van der Waals surface area contributed by atoms with Crippen molar-refractivity contribution in [2.75, 3.05) is 31.5 Å². The van der Waals surface area contributed by atoms with Crippen molar-refractivity contribution in [2.45, 2.75) is 12.7 Å². The number of rotatable bonds is 4. The zero-order chi connectivity index (χ0) is 19.3. The summed E-state index contributed by atoms with van der Waals surface area (Å²) >= 11 is 0. The number of amides is 1. The largest absolute Gasteiger partial charge is 0.417 e. The number of para-hydroxylation sites is 1. The van der Waals surface area contributed by atoms with E-state index in [4.69, 9.17) is 4.74 Å². The van der Waals surface area contributed by atoms with Crippen LogP contribution in [0.3, 0.4) is 0 Å². The number of hydrogen-bond donors (Lipinski definition) is 2. The second kappa shape index (κ2) is 8.41. The van der Waals surface area contributed by atoms with Crippen LogP contribution >= 0.6 is 0 Å². The van der Waals surface area contributed by atoms with Gasteiger partial charge in [-0.15, -0.1) is 0 Å². The molecule has 2 aromatic rings. The summed E-state index contributed by atoms with van der Waals surface area (Å²) in [7, 11) is 0. The second-order valence-corrected chi connectivity index (χ2v) is 6.27. The molecule has 144 valence electrons. The first-order valence-electron chi connectivity index (χ1n) is 8.58. The molecule has 0 bridgehead atoms. The number of carbonyl (C=O) groups is 1. The van der Waals surface area contributed by atoms with Gasteiger partial charge >= 0.3 is 12.3 Å². The minimum Gasteiger partial charge on any atom is -0.410 e. The molecule has 5 nitrogen and oxygen atoms in total. The SMILES string of the molecule is O=C(Nc1cc(CN2CCNCC2)cc(C(F)(F)F)c1)Oc1ccccc1. The smallest absolute Gasteiger partial charge is 0.410 e. The van der Waals surface area contributed by atoms with Crippen molar-refractivity contribution in [1.29, 1.82) is 0 Å². The van der Waals surface area contributed by atoms with Crippen molar-refractivity contribution in [3.63, 3.8) is 0 Å². The third-order valence-electron chi connectivity index (χ3n) is 4.14. The van der Waals surface area contributed by atoms with Crippen molar-refractivity contribution in [3.05, 3.63) is 59.7 Å². The lowest BCUT2D eigenvalue weighted by molar-refractivity contribution is -0.137. The molecular formula is C19H20F3N3O2. The first-order chi connectivity index (χ1) is 12.9. The van der Waals surface area contributed by atoms with Crippen LogP contribution < -0.4 is 15.4 Å². The van der Waals surface area contributed by atoms with Gasteiger partial charge in [0.15, 0.2) is 0 Å². The highest BCUT2D eigenvalue weighted by atomic mass is 19.4. The van der Waals surface area contributed by atoms with Crippen molar-refractivity contribution in [1.82, 2.24) is 10.2 Å². The van der Waals surface area contributed by atoms with E-state index in [9.17, 15) is 18.0 Å². The summed E-state index contributed by atoms with van der Waals surface area (Å²) in [5.41, 5.74) is -0.261. The Morgan fingerprint density at radius 1 is 1.11 bits per heavy atom. The Balaban J connectivity index is 1.76. The van der Waals surface area contributed by atoms with E-state index >= 15 is 0 Å². The van der Waals surface area contributed by atoms with Crippen LogP contribution in [0, 0.1) is 0 Å². The predicted octanol–water partition coefficient (Wildman–Crippen LogP) is 3.72. The molecule has 1 aliphatic rings. The molecule has 0 atom stereocenters. The van der Waals surface area contributed by atoms with Crippen LogP contribution in [0.1, 0.15) is 11.1 Å². The third-order valence-corrected chi connectivity index (χ3v) is 4.14. The van der Waals surface area contributed by atoms with Crippen LogP contribution in [0.5, 0.6) is 5.75 Å². The van der Waals surface area contributed by atoms with Crippen molar-refractivity contribution >= 4 is 11.8 Å². The van der Waals surface area contributed by atoms with Crippen molar-refractivity contribution in [2.24, 2.45) is 0 Å². The molecule has 0 spiro atoms. The van der Waals surface area contributed by atoms with E-state index < -0.39 is 17.8 Å². The van der Waals surface area contributed by atoms with E-state index in [1.807, 2.05) is 0 Å². The number of ether oxygens (including phenoxy) is 1. The molecule has 1 aliphatic heterocycles. The summed E-state index contributed by atoms with van der Waals surface area (Å²) in [5, 5.41) is 5.59. The van der Waals surface area contributed by atoms with Gasteiger partial charge < -0.3 is 10.1 Å². The molecule has 3 rings (SSSR count). The zero-order valence-electron chi connectivity index (χ0n) is 14.6. The maximum atomic E-state index is 13.2. The third kappa shape index (κ3) is 5.70. The van der Waals surface area contributed by atoms with Crippen LogP contribution in [0.2, 0.25) is 0 Å². The Morgan fingerprint density at radius 3 is 2.48 bits per heavy atom. The molecule has 1 heterocycles. The van der Waals surface area contributed by atoms with Crippen LogP contribution in [-0.4, -0.2) is 37.2 Å². The maximum Gasteiger partial charge on any atom is 0.417 e. The molecule has 0 unspecified atom stereocenters. The average Bonchev–Trinajstić information content (AvgIpc) is 2.62. The fraction of sp³-hybridized carbons (Fsp3) is 0.316. The number of halogens is 3. The van der Waals surface area contributed by atoms with E-state index in [0.29, 0.717) is 17.9 Å². The van der Waals surface area contributed by atoms with Gasteiger partial charge in [0.1, 0.15) is 5.75 Å². The summed E-state index contributed by atoms with van der Waals surface area (Å²) in [6, 6.07) is 11.9. The maximum absolute atomic E-state index is 13.2. The normalized spacial score (nSPS) is 15.4. The highest BCUT2D eigenvalue weighted by Crippen LogP contribution is 2.32. The van der Waals surface area contributed by atoms with E-state index in [1.54, 1.807) is 36.4 Å². The van der Waals surface area contributed by atoms with E-state index in [1.165, 1.54) is 0 Å². The molecule has 0 aliphatic carbocycles. The van der Waals surface area contributed by atoms with Crippen LogP contribution in [0.4, 0.5) is 23.7 Å². The fourth-order valence-corrected chi connectivity index (χ4v) is 2.89. The first kappa shape index (κ1) is 19.2. The highest BCUT2D eigenvalue weighted by molar-refractivity contribution is 5.86. The van der Waals surface area contributed by atoms with Crippen LogP contribution in [0.25, 0.3) is 0 Å². The Morgan fingerprint density at radius 2 is 1.81 bits per heavy atom. The standard InChI is InChI=1S/C19H20F3N3O2/c20-19(21,22)15-10-14(13-25-8-6-23-7-9-25)11-16(12-15)24-18(26)27-17-4-2-1-3-5-17/h1-5,10-12,23H,6-9,13H2,(H,24,26). The first-order valence-corrected chi connectivity index (χ1v) is 8.58. The Kier molecular flexibility index (Phi) is 5.98. The van der Waals surface area contributed by atoms with Gasteiger partial charge in [-0.3, -0.25) is 10.2 Å². The zero-order valence-corrected chi connectivity index (χ0v) is 14.6. The lowest BCUT2D eigenvalue weighted by atomic mass is 10.1. The van der Waals surface area contributed by atoms with Gasteiger partial charge in [-0.05, 0) is 35.9 Å². The number of nitrogens with zero attached hydrogens (tertiary/aromatic N) is 1. The Hall–Kier alpha value is -2.58. The summed E-state index contributed by atoms with van der Waals surface area (Å²) in [4.78, 5) is 14.1. The average molecular weight is 379 g/mol. The van der Waals surface area contributed by atoms with E-state index in [0.717, 1.165) is 38.3 Å². The van der Waals surface area contributed by atoms with Crippen LogP contribution in [-0.2, 0) is 12.7 Å². The van der Waals surface area contributed by atoms with Gasteiger partial charge in [0, 0.05) is 38.4 Å². The van der Waals surface area contributed by atoms with Gasteiger partial charge in [-0.2, -0.15) is 13.2 Å². The summed E-state index contributed by atoms with van der Waals surface area (Å²) in [5.74, 6) is 0.308. The van der Waals surface area contributed by atoms with Gasteiger partial charge in [0.05, 0.1) is 5.56 Å². The lowest BCUT2D eigenvalue weighted by Gasteiger charge is -2.27. The number of benzene rings is 2. The summed E-state index contributed by atoms with van der Waals surface area (Å²) < 4.78 is 44.8. The molecule has 2 aromatic carbocycles. The predicted molar refractivity (Wildman–Crippen MR) is 95.7 cm³/mol. The number of carbonyl (C=O) groups excluding carboxylic acids is 1. The molecular weight excluding hydrogens is 359 g/mol. The molecule has 1 saturated heterocycles. The van der Waals surface area contributed by atoms with Crippen molar-refractivity contribution in [3.8, 4) is 5.75 Å². The summed E-state index contributed by atoms with van der Waals surface area (Å²) in [6.07, 6.45) is -5.34. The van der Waals surface area contributed by atoms with Crippen molar-refractivity contribution < 1.29 is 22.7 Å². The monoisotopic (exact) mass is 379 g/mol. The molecule has 0 aromatic heterocycles. The fourth-order valence-electron chi connectivity index (χ4n) is 2.89. The molecule has 1 fully saturated rings. The van der Waals surface area contributed by atoms with Gasteiger partial charge in [0.25, 0.3) is 0 Å². The summed E-state index contributed by atoms with van der Waals surface area (Å²) in [6.45, 7) is 3.50. The number of hydrogen-bond acceptors (Lipinski definition) is 4. The number of anilines is 1. The van der Waals surface area contributed by atoms with Crippen LogP contribution in [0.15, 0.2) is 48.5 Å². The Bertz CT molecular complexity index is 776. The van der Waals surface area contributed by atoms with E-state index in [-0.39, 0.29) is 5.69 Å².